The molecule has 0 aliphatic rings. The summed E-state index contributed by atoms with van der Waals surface area (Å²) in [5.74, 6) is 1.97. The summed E-state index contributed by atoms with van der Waals surface area (Å²) in [5.41, 5.74) is 0. The molecule has 2 heteroatoms. The highest BCUT2D eigenvalue weighted by Gasteiger charge is 2.08. The van der Waals surface area contributed by atoms with E-state index in [-0.39, 0.29) is 0 Å². The second kappa shape index (κ2) is 43.5. The molecule has 2 unspecified atom stereocenters. The predicted octanol–water partition coefficient (Wildman–Crippen LogP) is 11.7. The number of nitrogens with zero attached hydrogens (tertiary/aromatic N) is 1. The molecule has 0 heterocycles. The Hall–Kier alpha value is 0.690. The fraction of sp³-hybridized carbons (Fsp3) is 1.00. The van der Waals surface area contributed by atoms with Crippen LogP contribution in [0.25, 0.3) is 0 Å². The SMILES string of the molecule is CC.CC.CCCCC.CCCCC(CCC)CCCC(C)CC.CCCN(C)I. The summed E-state index contributed by atoms with van der Waals surface area (Å²) < 4.78 is 2.15. The molecule has 190 valence electrons. The first-order valence-corrected chi connectivity index (χ1v) is 14.8. The molecule has 0 radical (unpaired) electrons. The molecule has 0 saturated heterocycles. The molecule has 0 saturated carbocycles. The van der Waals surface area contributed by atoms with Crippen molar-refractivity contribution in [2.45, 2.75) is 160 Å². The van der Waals surface area contributed by atoms with E-state index in [2.05, 4.69) is 81.5 Å². The van der Waals surface area contributed by atoms with E-state index in [4.69, 9.17) is 0 Å². The van der Waals surface area contributed by atoms with E-state index in [0.29, 0.717) is 0 Å². The Balaban J connectivity index is -0.000000114. The highest BCUT2D eigenvalue weighted by Crippen LogP contribution is 2.23. The third kappa shape index (κ3) is 51.4. The Morgan fingerprint density at radius 1 is 0.600 bits per heavy atom. The molecular weight excluding hydrogens is 477 g/mol. The molecule has 0 aromatic carbocycles. The van der Waals surface area contributed by atoms with Crippen molar-refractivity contribution in [2.24, 2.45) is 11.8 Å². The first-order chi connectivity index (χ1) is 14.4. The molecule has 0 bridgehead atoms. The monoisotopic (exact) mass is 543 g/mol. The van der Waals surface area contributed by atoms with Crippen LogP contribution in [0.1, 0.15) is 160 Å². The summed E-state index contributed by atoms with van der Waals surface area (Å²) in [6, 6.07) is 0. The van der Waals surface area contributed by atoms with Crippen LogP contribution in [0.5, 0.6) is 0 Å². The maximum absolute atomic E-state index is 2.39. The van der Waals surface area contributed by atoms with Crippen LogP contribution in [0.4, 0.5) is 0 Å². The van der Waals surface area contributed by atoms with Gasteiger partial charge >= 0.3 is 0 Å². The topological polar surface area (TPSA) is 3.24 Å². The minimum Gasteiger partial charge on any atom is -0.251 e. The summed E-state index contributed by atoms with van der Waals surface area (Å²) in [6.45, 7) is 25.1. The summed E-state index contributed by atoms with van der Waals surface area (Å²) >= 11 is 2.28. The molecule has 0 amide bonds. The van der Waals surface area contributed by atoms with Crippen molar-refractivity contribution in [2.75, 3.05) is 13.6 Å². The molecule has 0 aliphatic heterocycles. The zero-order chi connectivity index (χ0) is 24.6. The Morgan fingerprint density at radius 3 is 1.33 bits per heavy atom. The van der Waals surface area contributed by atoms with Crippen molar-refractivity contribution in [3.8, 4) is 0 Å². The van der Waals surface area contributed by atoms with Crippen molar-refractivity contribution in [3.05, 3.63) is 0 Å². The van der Waals surface area contributed by atoms with Crippen molar-refractivity contribution >= 4 is 22.9 Å². The maximum Gasteiger partial charge on any atom is 0.0198 e. The summed E-state index contributed by atoms with van der Waals surface area (Å²) in [7, 11) is 2.07. The van der Waals surface area contributed by atoms with E-state index in [1.807, 2.05) is 27.7 Å². The highest BCUT2D eigenvalue weighted by atomic mass is 127. The van der Waals surface area contributed by atoms with Crippen molar-refractivity contribution < 1.29 is 0 Å². The van der Waals surface area contributed by atoms with Gasteiger partial charge < -0.3 is 0 Å². The van der Waals surface area contributed by atoms with Gasteiger partial charge in [0.05, 0.1) is 0 Å². The van der Waals surface area contributed by atoms with Crippen molar-refractivity contribution in [1.82, 2.24) is 3.11 Å². The van der Waals surface area contributed by atoms with Gasteiger partial charge in [0.15, 0.2) is 0 Å². The van der Waals surface area contributed by atoms with Crippen LogP contribution >= 0.6 is 22.9 Å². The first kappa shape index (κ1) is 41.0. The van der Waals surface area contributed by atoms with Crippen LogP contribution in [-0.2, 0) is 0 Å². The molecule has 0 aromatic rings. The maximum atomic E-state index is 2.39. The molecule has 0 aliphatic carbocycles. The van der Waals surface area contributed by atoms with E-state index < -0.39 is 0 Å². The van der Waals surface area contributed by atoms with Crippen molar-refractivity contribution in [1.29, 1.82) is 0 Å². The minimum atomic E-state index is 0.943. The van der Waals surface area contributed by atoms with Crippen LogP contribution in [0.3, 0.4) is 0 Å². The van der Waals surface area contributed by atoms with E-state index in [1.54, 1.807) is 0 Å². The lowest BCUT2D eigenvalue weighted by molar-refractivity contribution is 0.367. The Kier molecular flexibility index (Phi) is 59.5. The molecular formula is C28H66IN. The van der Waals surface area contributed by atoms with Gasteiger partial charge in [0, 0.05) is 29.4 Å². The van der Waals surface area contributed by atoms with Gasteiger partial charge in [-0.05, 0) is 25.3 Å². The molecule has 0 spiro atoms. The summed E-state index contributed by atoms with van der Waals surface area (Å²) in [6.07, 6.45) is 18.2. The van der Waals surface area contributed by atoms with Gasteiger partial charge in [-0.3, -0.25) is 3.11 Å². The first-order valence-electron chi connectivity index (χ1n) is 13.8. The average Bonchev–Trinajstić information content (AvgIpc) is 2.76. The lowest BCUT2D eigenvalue weighted by Crippen LogP contribution is -2.02. The summed E-state index contributed by atoms with van der Waals surface area (Å²) in [5, 5.41) is 0. The molecule has 0 rings (SSSR count). The lowest BCUT2D eigenvalue weighted by Gasteiger charge is -2.16. The molecule has 0 aromatic heterocycles. The Bertz CT molecular complexity index is 217. The molecule has 0 fully saturated rings. The lowest BCUT2D eigenvalue weighted by atomic mass is 9.90. The second-order valence-corrected chi connectivity index (χ2v) is 9.57. The van der Waals surface area contributed by atoms with Gasteiger partial charge in [0.2, 0.25) is 0 Å². The largest absolute Gasteiger partial charge is 0.251 e. The molecule has 30 heavy (non-hydrogen) atoms. The number of hydrogen-bond acceptors (Lipinski definition) is 1. The quantitative estimate of drug-likeness (QED) is 0.156. The smallest absolute Gasteiger partial charge is 0.0198 e. The molecule has 0 N–H and O–H groups in total. The number of hydrogen-bond donors (Lipinski definition) is 0. The number of rotatable bonds is 14. The van der Waals surface area contributed by atoms with E-state index in [1.165, 1.54) is 90.0 Å². The van der Waals surface area contributed by atoms with Gasteiger partial charge in [-0.25, -0.2) is 0 Å². The van der Waals surface area contributed by atoms with Gasteiger partial charge in [0.25, 0.3) is 0 Å². The standard InChI is InChI=1S/C15H32.C5H12.C4H10IN.2C2H6/c1-5-8-12-15(10-6-2)13-9-11-14(4)7-3;1-3-5-4-2;1-3-4-6(2)5;2*1-2/h14-15H,5-13H2,1-4H3;3-5H2,1-2H3;3-4H2,1-2H3;2*1-2H3. The predicted molar refractivity (Wildman–Crippen MR) is 156 cm³/mol. The zero-order valence-corrected chi connectivity index (χ0v) is 26.0. The zero-order valence-electron chi connectivity index (χ0n) is 23.9. The summed E-state index contributed by atoms with van der Waals surface area (Å²) in [4.78, 5) is 0. The van der Waals surface area contributed by atoms with Gasteiger partial charge in [-0.1, -0.05) is 153 Å². The van der Waals surface area contributed by atoms with E-state index in [0.717, 1.165) is 11.8 Å². The van der Waals surface area contributed by atoms with Crippen LogP contribution in [0, 0.1) is 11.8 Å². The van der Waals surface area contributed by atoms with E-state index >= 15 is 0 Å². The van der Waals surface area contributed by atoms with Gasteiger partial charge in [-0.2, -0.15) is 0 Å². The highest BCUT2D eigenvalue weighted by molar-refractivity contribution is 14.1. The fourth-order valence-electron chi connectivity index (χ4n) is 2.95. The van der Waals surface area contributed by atoms with Crippen LogP contribution in [0.2, 0.25) is 0 Å². The normalized spacial score (nSPS) is 11.4. The van der Waals surface area contributed by atoms with Gasteiger partial charge in [-0.15, -0.1) is 0 Å². The van der Waals surface area contributed by atoms with Crippen LogP contribution < -0.4 is 0 Å². The minimum absolute atomic E-state index is 0.943. The van der Waals surface area contributed by atoms with Crippen molar-refractivity contribution in [3.63, 3.8) is 0 Å². The van der Waals surface area contributed by atoms with E-state index in [9.17, 15) is 0 Å². The second-order valence-electron chi connectivity index (χ2n) is 7.92. The average molecular weight is 544 g/mol. The third-order valence-corrected chi connectivity index (χ3v) is 5.39. The third-order valence-electron chi connectivity index (χ3n) is 4.91. The molecule has 2 atom stereocenters. The Morgan fingerprint density at radius 2 is 1.07 bits per heavy atom. The fourth-order valence-corrected chi connectivity index (χ4v) is 3.44. The number of unbranched alkanes of at least 4 members (excludes halogenated alkanes) is 3. The molecule has 1 nitrogen and oxygen atoms in total. The van der Waals surface area contributed by atoms with Gasteiger partial charge in [0.1, 0.15) is 0 Å². The van der Waals surface area contributed by atoms with Crippen LogP contribution in [0.15, 0.2) is 0 Å². The van der Waals surface area contributed by atoms with Crippen LogP contribution in [-0.4, -0.2) is 16.7 Å². The Labute approximate surface area is 210 Å². The number of halogens is 1.